The minimum absolute atomic E-state index is 0.0649. The molecule has 5 nitrogen and oxygen atoms in total. The average Bonchev–Trinajstić information content (AvgIpc) is 2.73. The zero-order chi connectivity index (χ0) is 21.2. The number of amides is 2. The van der Waals surface area contributed by atoms with Gasteiger partial charge in [-0.1, -0.05) is 53.2 Å². The highest BCUT2D eigenvalue weighted by Gasteiger charge is 2.26. The SMILES string of the molecule is CC[C@@H](C)NC(=O)[C@H](C)N(CCc1ccccc1)C(=O)COc1ccc(Br)cc1. The standard InChI is InChI=1S/C23H29BrN2O3/c1-4-17(2)25-23(28)18(3)26(15-14-19-8-6-5-7-9-19)22(27)16-29-21-12-10-20(24)11-13-21/h5-13,17-18H,4,14-16H2,1-3H3,(H,25,28)/t17-,18+/m1/s1. The van der Waals surface area contributed by atoms with Crippen LogP contribution in [0.2, 0.25) is 0 Å². The number of ether oxygens (including phenoxy) is 1. The minimum atomic E-state index is -0.575. The second-order valence-electron chi connectivity index (χ2n) is 7.06. The van der Waals surface area contributed by atoms with Gasteiger partial charge in [-0.05, 0) is 56.5 Å². The molecule has 2 amide bonds. The molecule has 0 aromatic heterocycles. The van der Waals surface area contributed by atoms with E-state index < -0.39 is 6.04 Å². The van der Waals surface area contributed by atoms with Crippen molar-refractivity contribution in [2.45, 2.75) is 45.7 Å². The van der Waals surface area contributed by atoms with Crippen LogP contribution in [-0.2, 0) is 16.0 Å². The van der Waals surface area contributed by atoms with Gasteiger partial charge < -0.3 is 15.0 Å². The predicted molar refractivity (Wildman–Crippen MR) is 119 cm³/mol. The highest BCUT2D eigenvalue weighted by Crippen LogP contribution is 2.16. The van der Waals surface area contributed by atoms with Crippen molar-refractivity contribution in [3.8, 4) is 5.75 Å². The number of nitrogens with zero attached hydrogens (tertiary/aromatic N) is 1. The maximum Gasteiger partial charge on any atom is 0.261 e. The number of rotatable bonds is 10. The molecule has 0 aliphatic rings. The Kier molecular flexibility index (Phi) is 9.19. The van der Waals surface area contributed by atoms with Crippen LogP contribution in [0.3, 0.4) is 0 Å². The molecule has 2 atom stereocenters. The molecule has 1 N–H and O–H groups in total. The lowest BCUT2D eigenvalue weighted by atomic mass is 10.1. The normalized spacial score (nSPS) is 12.7. The second kappa shape index (κ2) is 11.6. The van der Waals surface area contributed by atoms with E-state index in [-0.39, 0.29) is 24.5 Å². The predicted octanol–water partition coefficient (Wildman–Crippen LogP) is 4.20. The molecule has 0 heterocycles. The van der Waals surface area contributed by atoms with Gasteiger partial charge >= 0.3 is 0 Å². The quantitative estimate of drug-likeness (QED) is 0.577. The Morgan fingerprint density at radius 3 is 2.34 bits per heavy atom. The van der Waals surface area contributed by atoms with E-state index in [0.29, 0.717) is 18.7 Å². The van der Waals surface area contributed by atoms with Crippen molar-refractivity contribution in [2.75, 3.05) is 13.2 Å². The van der Waals surface area contributed by atoms with Crippen LogP contribution in [0.5, 0.6) is 5.75 Å². The molecule has 0 aliphatic carbocycles. The van der Waals surface area contributed by atoms with Crippen LogP contribution in [0.4, 0.5) is 0 Å². The number of carbonyl (C=O) groups excluding carboxylic acids is 2. The van der Waals surface area contributed by atoms with Gasteiger partial charge in [0.25, 0.3) is 5.91 Å². The second-order valence-corrected chi connectivity index (χ2v) is 7.97. The van der Waals surface area contributed by atoms with Crippen molar-refractivity contribution in [3.05, 3.63) is 64.6 Å². The lowest BCUT2D eigenvalue weighted by Crippen LogP contribution is -2.51. The van der Waals surface area contributed by atoms with E-state index in [1.165, 1.54) is 0 Å². The fourth-order valence-electron chi connectivity index (χ4n) is 2.79. The molecule has 29 heavy (non-hydrogen) atoms. The van der Waals surface area contributed by atoms with Gasteiger partial charge in [0.05, 0.1) is 0 Å². The van der Waals surface area contributed by atoms with Gasteiger partial charge in [-0.3, -0.25) is 9.59 Å². The monoisotopic (exact) mass is 460 g/mol. The number of halogens is 1. The van der Waals surface area contributed by atoms with Crippen LogP contribution in [-0.4, -0.2) is 41.9 Å². The fourth-order valence-corrected chi connectivity index (χ4v) is 3.06. The van der Waals surface area contributed by atoms with Gasteiger partial charge in [-0.2, -0.15) is 0 Å². The Balaban J connectivity index is 2.05. The van der Waals surface area contributed by atoms with Crippen LogP contribution in [0.1, 0.15) is 32.8 Å². The maximum atomic E-state index is 12.9. The highest BCUT2D eigenvalue weighted by molar-refractivity contribution is 9.10. The van der Waals surface area contributed by atoms with Gasteiger partial charge in [-0.15, -0.1) is 0 Å². The van der Waals surface area contributed by atoms with Crippen molar-refractivity contribution in [1.29, 1.82) is 0 Å². The van der Waals surface area contributed by atoms with Gasteiger partial charge in [0.15, 0.2) is 6.61 Å². The Morgan fingerprint density at radius 2 is 1.72 bits per heavy atom. The molecule has 156 valence electrons. The van der Waals surface area contributed by atoms with E-state index in [0.717, 1.165) is 16.5 Å². The number of hydrogen-bond donors (Lipinski definition) is 1. The highest BCUT2D eigenvalue weighted by atomic mass is 79.9. The number of nitrogens with one attached hydrogen (secondary N) is 1. The summed E-state index contributed by atoms with van der Waals surface area (Å²) in [7, 11) is 0. The van der Waals surface area contributed by atoms with Crippen LogP contribution in [0, 0.1) is 0 Å². The molecule has 6 heteroatoms. The van der Waals surface area contributed by atoms with Crippen LogP contribution >= 0.6 is 15.9 Å². The van der Waals surface area contributed by atoms with E-state index in [1.54, 1.807) is 24.0 Å². The molecule has 0 bridgehead atoms. The van der Waals surface area contributed by atoms with E-state index in [2.05, 4.69) is 21.2 Å². The molecular formula is C23H29BrN2O3. The molecule has 0 aliphatic heterocycles. The van der Waals surface area contributed by atoms with Gasteiger partial charge in [0.2, 0.25) is 5.91 Å². The van der Waals surface area contributed by atoms with E-state index >= 15 is 0 Å². The van der Waals surface area contributed by atoms with Crippen LogP contribution in [0.15, 0.2) is 59.1 Å². The van der Waals surface area contributed by atoms with Crippen LogP contribution < -0.4 is 10.1 Å². The lowest BCUT2D eigenvalue weighted by molar-refractivity contribution is -0.141. The van der Waals surface area contributed by atoms with E-state index in [4.69, 9.17) is 4.74 Å². The number of hydrogen-bond acceptors (Lipinski definition) is 3. The topological polar surface area (TPSA) is 58.6 Å². The van der Waals surface area contributed by atoms with Gasteiger partial charge in [-0.25, -0.2) is 0 Å². The smallest absolute Gasteiger partial charge is 0.261 e. The van der Waals surface area contributed by atoms with Crippen molar-refractivity contribution < 1.29 is 14.3 Å². The summed E-state index contributed by atoms with van der Waals surface area (Å²) in [6.07, 6.45) is 1.51. The molecule has 2 aromatic carbocycles. The first-order chi connectivity index (χ1) is 13.9. The number of benzene rings is 2. The molecule has 0 unspecified atom stereocenters. The zero-order valence-corrected chi connectivity index (χ0v) is 18.8. The van der Waals surface area contributed by atoms with Crippen molar-refractivity contribution >= 4 is 27.7 Å². The fraction of sp³-hybridized carbons (Fsp3) is 0.391. The molecule has 0 saturated carbocycles. The summed E-state index contributed by atoms with van der Waals surface area (Å²) >= 11 is 3.38. The molecule has 0 radical (unpaired) electrons. The Bertz CT molecular complexity index is 780. The Hall–Kier alpha value is -2.34. The van der Waals surface area contributed by atoms with Crippen molar-refractivity contribution in [3.63, 3.8) is 0 Å². The van der Waals surface area contributed by atoms with E-state index in [9.17, 15) is 9.59 Å². The third kappa shape index (κ3) is 7.54. The third-order valence-electron chi connectivity index (χ3n) is 4.83. The lowest BCUT2D eigenvalue weighted by Gasteiger charge is -2.29. The molecular weight excluding hydrogens is 432 g/mol. The Labute approximate surface area is 181 Å². The summed E-state index contributed by atoms with van der Waals surface area (Å²) in [6, 6.07) is 16.7. The van der Waals surface area contributed by atoms with Gasteiger partial charge in [0.1, 0.15) is 11.8 Å². The first-order valence-electron chi connectivity index (χ1n) is 9.92. The first kappa shape index (κ1) is 22.9. The summed E-state index contributed by atoms with van der Waals surface area (Å²) in [4.78, 5) is 27.1. The average molecular weight is 461 g/mol. The summed E-state index contributed by atoms with van der Waals surface area (Å²) < 4.78 is 6.58. The minimum Gasteiger partial charge on any atom is -0.484 e. The summed E-state index contributed by atoms with van der Waals surface area (Å²) in [5.41, 5.74) is 1.12. The molecule has 0 spiro atoms. The van der Waals surface area contributed by atoms with Crippen molar-refractivity contribution in [1.82, 2.24) is 10.2 Å². The maximum absolute atomic E-state index is 12.9. The summed E-state index contributed by atoms with van der Waals surface area (Å²) in [6.45, 7) is 6.07. The molecule has 2 aromatic rings. The largest absolute Gasteiger partial charge is 0.484 e. The third-order valence-corrected chi connectivity index (χ3v) is 5.36. The first-order valence-corrected chi connectivity index (χ1v) is 10.7. The summed E-state index contributed by atoms with van der Waals surface area (Å²) in [5.74, 6) is 0.251. The Morgan fingerprint density at radius 1 is 1.07 bits per heavy atom. The van der Waals surface area contributed by atoms with E-state index in [1.807, 2.05) is 56.3 Å². The molecule has 0 saturated heterocycles. The molecule has 0 fully saturated rings. The van der Waals surface area contributed by atoms with Crippen LogP contribution in [0.25, 0.3) is 0 Å². The molecule has 2 rings (SSSR count). The van der Waals surface area contributed by atoms with Gasteiger partial charge in [0, 0.05) is 17.1 Å². The zero-order valence-electron chi connectivity index (χ0n) is 17.2. The van der Waals surface area contributed by atoms with Crippen molar-refractivity contribution in [2.24, 2.45) is 0 Å². The summed E-state index contributed by atoms with van der Waals surface area (Å²) in [5, 5.41) is 2.96. The number of carbonyl (C=O) groups is 2.